The lowest BCUT2D eigenvalue weighted by Gasteiger charge is -1.98. The van der Waals surface area contributed by atoms with Crippen molar-refractivity contribution in [2.45, 2.75) is 0 Å². The van der Waals surface area contributed by atoms with Crippen LogP contribution in [0.4, 0.5) is 8.78 Å². The van der Waals surface area contributed by atoms with Gasteiger partial charge in [0.1, 0.15) is 0 Å². The number of carbonyl (C=O) groups is 1. The lowest BCUT2D eigenvalue weighted by Crippen LogP contribution is -2.12. The number of aromatic amines is 1. The van der Waals surface area contributed by atoms with Gasteiger partial charge in [-0.3, -0.25) is 4.79 Å². The number of hydrogen-bond acceptors (Lipinski definition) is 2. The first-order valence-corrected chi connectivity index (χ1v) is 4.38. The van der Waals surface area contributed by atoms with Gasteiger partial charge in [0, 0.05) is 5.56 Å². The highest BCUT2D eigenvalue weighted by atomic mass is 19.2. The summed E-state index contributed by atoms with van der Waals surface area (Å²) in [7, 11) is 0. The van der Waals surface area contributed by atoms with E-state index < -0.39 is 17.5 Å². The highest BCUT2D eigenvalue weighted by molar-refractivity contribution is 5.89. The largest absolute Gasteiger partial charge is 0.363 e. The fourth-order valence-corrected chi connectivity index (χ4v) is 1.26. The molecule has 0 aliphatic carbocycles. The summed E-state index contributed by atoms with van der Waals surface area (Å²) >= 11 is 0. The zero-order valence-electron chi connectivity index (χ0n) is 8.00. The molecule has 0 saturated carbocycles. The molecule has 0 atom stereocenters. The molecule has 2 rings (SSSR count). The maximum atomic E-state index is 12.9. The number of halogens is 2. The van der Waals surface area contributed by atoms with Crippen LogP contribution in [0.3, 0.4) is 0 Å². The second kappa shape index (κ2) is 3.73. The number of amides is 1. The Morgan fingerprint density at radius 3 is 2.62 bits per heavy atom. The third-order valence-electron chi connectivity index (χ3n) is 2.04. The molecule has 3 N–H and O–H groups in total. The fourth-order valence-electron chi connectivity index (χ4n) is 1.26. The maximum absolute atomic E-state index is 12.9. The zero-order valence-corrected chi connectivity index (χ0v) is 8.00. The Bertz CT molecular complexity index is 551. The number of H-pyrrole nitrogens is 1. The van der Waals surface area contributed by atoms with E-state index in [2.05, 4.69) is 9.97 Å². The van der Waals surface area contributed by atoms with Crippen LogP contribution in [-0.4, -0.2) is 15.9 Å². The third-order valence-corrected chi connectivity index (χ3v) is 2.04. The van der Waals surface area contributed by atoms with E-state index in [9.17, 15) is 13.6 Å². The predicted molar refractivity (Wildman–Crippen MR) is 52.5 cm³/mol. The van der Waals surface area contributed by atoms with Crippen LogP contribution in [0, 0.1) is 11.6 Å². The van der Waals surface area contributed by atoms with Crippen LogP contribution < -0.4 is 5.73 Å². The molecule has 0 radical (unpaired) electrons. The number of hydrogen-bond donors (Lipinski definition) is 2. The number of nitrogens with zero attached hydrogens (tertiary/aromatic N) is 1. The molecule has 1 aromatic heterocycles. The van der Waals surface area contributed by atoms with Gasteiger partial charge in [0.2, 0.25) is 0 Å². The smallest absolute Gasteiger partial charge is 0.284 e. The SMILES string of the molecule is NC(=O)c1ncc(-c2ccc(F)c(F)c2)[nH]1. The molecule has 82 valence electrons. The molecular weight excluding hydrogens is 216 g/mol. The number of aromatic nitrogens is 2. The molecule has 0 fully saturated rings. The van der Waals surface area contributed by atoms with Crippen LogP contribution in [0.15, 0.2) is 24.4 Å². The average molecular weight is 223 g/mol. The summed E-state index contributed by atoms with van der Waals surface area (Å²) in [6.45, 7) is 0. The Balaban J connectivity index is 2.42. The molecule has 1 aromatic carbocycles. The van der Waals surface area contributed by atoms with Gasteiger partial charge in [-0.1, -0.05) is 0 Å². The van der Waals surface area contributed by atoms with Crippen LogP contribution in [0.25, 0.3) is 11.3 Å². The molecule has 1 heterocycles. The second-order valence-electron chi connectivity index (χ2n) is 3.14. The van der Waals surface area contributed by atoms with Crippen molar-refractivity contribution in [1.29, 1.82) is 0 Å². The van der Waals surface area contributed by atoms with Gasteiger partial charge in [0.25, 0.3) is 5.91 Å². The molecule has 6 heteroatoms. The monoisotopic (exact) mass is 223 g/mol. The van der Waals surface area contributed by atoms with Gasteiger partial charge in [-0.25, -0.2) is 13.8 Å². The summed E-state index contributed by atoms with van der Waals surface area (Å²) in [6, 6.07) is 3.37. The van der Waals surface area contributed by atoms with E-state index in [0.717, 1.165) is 12.1 Å². The Labute approximate surface area is 89.1 Å². The number of primary amides is 1. The van der Waals surface area contributed by atoms with Crippen LogP contribution in [-0.2, 0) is 0 Å². The molecule has 2 aromatic rings. The van der Waals surface area contributed by atoms with Crippen molar-refractivity contribution in [1.82, 2.24) is 9.97 Å². The second-order valence-corrected chi connectivity index (χ2v) is 3.14. The van der Waals surface area contributed by atoms with Crippen molar-refractivity contribution < 1.29 is 13.6 Å². The van der Waals surface area contributed by atoms with E-state index in [1.165, 1.54) is 12.3 Å². The van der Waals surface area contributed by atoms with Crippen LogP contribution in [0.5, 0.6) is 0 Å². The Hall–Kier alpha value is -2.24. The highest BCUT2D eigenvalue weighted by Gasteiger charge is 2.09. The lowest BCUT2D eigenvalue weighted by molar-refractivity contribution is 0.0991. The first-order chi connectivity index (χ1) is 7.58. The number of rotatable bonds is 2. The van der Waals surface area contributed by atoms with Crippen molar-refractivity contribution in [2.75, 3.05) is 0 Å². The first-order valence-electron chi connectivity index (χ1n) is 4.38. The van der Waals surface area contributed by atoms with Gasteiger partial charge >= 0.3 is 0 Å². The number of imidazole rings is 1. The molecular formula is C10H7F2N3O. The molecule has 0 spiro atoms. The quantitative estimate of drug-likeness (QED) is 0.808. The molecule has 4 nitrogen and oxygen atoms in total. The summed E-state index contributed by atoms with van der Waals surface area (Å²) < 4.78 is 25.6. The van der Waals surface area contributed by atoms with E-state index >= 15 is 0 Å². The van der Waals surface area contributed by atoms with Crippen LogP contribution in [0.1, 0.15) is 10.6 Å². The van der Waals surface area contributed by atoms with E-state index in [0.29, 0.717) is 11.3 Å². The van der Waals surface area contributed by atoms with E-state index in [1.54, 1.807) is 0 Å². The molecule has 0 unspecified atom stereocenters. The van der Waals surface area contributed by atoms with Crippen molar-refractivity contribution in [3.63, 3.8) is 0 Å². The van der Waals surface area contributed by atoms with Crippen LogP contribution >= 0.6 is 0 Å². The zero-order chi connectivity index (χ0) is 11.7. The van der Waals surface area contributed by atoms with Crippen molar-refractivity contribution >= 4 is 5.91 Å². The van der Waals surface area contributed by atoms with Crippen molar-refractivity contribution in [3.8, 4) is 11.3 Å². The Kier molecular flexibility index (Phi) is 2.40. The van der Waals surface area contributed by atoms with Gasteiger partial charge in [-0.15, -0.1) is 0 Å². The standard InChI is InChI=1S/C10H7F2N3O/c11-6-2-1-5(3-7(6)12)8-4-14-10(15-8)9(13)16/h1-4H,(H2,13,16)(H,14,15). The predicted octanol–water partition coefficient (Wildman–Crippen LogP) is 1.45. The highest BCUT2D eigenvalue weighted by Crippen LogP contribution is 2.19. The third kappa shape index (κ3) is 1.77. The van der Waals surface area contributed by atoms with Gasteiger partial charge in [0.15, 0.2) is 17.5 Å². The number of benzene rings is 1. The maximum Gasteiger partial charge on any atom is 0.284 e. The fraction of sp³-hybridized carbons (Fsp3) is 0. The minimum atomic E-state index is -0.965. The normalized spacial score (nSPS) is 10.4. The van der Waals surface area contributed by atoms with Crippen LogP contribution in [0.2, 0.25) is 0 Å². The first kappa shape index (κ1) is 10.3. The number of nitrogens with two attached hydrogens (primary N) is 1. The molecule has 16 heavy (non-hydrogen) atoms. The van der Waals surface area contributed by atoms with Gasteiger partial charge in [0.05, 0.1) is 11.9 Å². The topological polar surface area (TPSA) is 71.8 Å². The molecule has 0 aliphatic rings. The molecule has 0 aliphatic heterocycles. The summed E-state index contributed by atoms with van der Waals surface area (Å²) in [6.07, 6.45) is 1.33. The van der Waals surface area contributed by atoms with Crippen molar-refractivity contribution in [3.05, 3.63) is 41.9 Å². The Morgan fingerprint density at radius 2 is 2.06 bits per heavy atom. The summed E-state index contributed by atoms with van der Waals surface area (Å²) in [5.41, 5.74) is 5.78. The molecule has 1 amide bonds. The van der Waals surface area contributed by atoms with E-state index in [4.69, 9.17) is 5.73 Å². The van der Waals surface area contributed by atoms with E-state index in [-0.39, 0.29) is 5.82 Å². The average Bonchev–Trinajstić information content (AvgIpc) is 2.71. The van der Waals surface area contributed by atoms with Gasteiger partial charge in [-0.05, 0) is 18.2 Å². The van der Waals surface area contributed by atoms with Gasteiger partial charge in [-0.2, -0.15) is 0 Å². The number of nitrogens with one attached hydrogen (secondary N) is 1. The van der Waals surface area contributed by atoms with Gasteiger partial charge < -0.3 is 10.7 Å². The summed E-state index contributed by atoms with van der Waals surface area (Å²) in [4.78, 5) is 17.1. The number of carbonyl (C=O) groups excluding carboxylic acids is 1. The van der Waals surface area contributed by atoms with E-state index in [1.807, 2.05) is 0 Å². The lowest BCUT2D eigenvalue weighted by atomic mass is 10.1. The molecule has 0 bridgehead atoms. The molecule has 0 saturated heterocycles. The summed E-state index contributed by atoms with van der Waals surface area (Å²) in [5, 5.41) is 0. The minimum absolute atomic E-state index is 0.0280. The van der Waals surface area contributed by atoms with Crippen molar-refractivity contribution in [2.24, 2.45) is 5.73 Å². The summed E-state index contributed by atoms with van der Waals surface area (Å²) in [5.74, 6) is -2.64. The minimum Gasteiger partial charge on any atom is -0.363 e. The Morgan fingerprint density at radius 1 is 1.31 bits per heavy atom.